The van der Waals surface area contributed by atoms with Gasteiger partial charge in [-0.1, -0.05) is 30.3 Å². The van der Waals surface area contributed by atoms with Crippen LogP contribution in [0.5, 0.6) is 0 Å². The minimum absolute atomic E-state index is 0.0148. The second kappa shape index (κ2) is 11.5. The van der Waals surface area contributed by atoms with Crippen LogP contribution in [0, 0.1) is 0 Å². The normalized spacial score (nSPS) is 13.6. The third-order valence-corrected chi connectivity index (χ3v) is 4.51. The lowest BCUT2D eigenvalue weighted by molar-refractivity contribution is -0.143. The number of nitrogens with zero attached hydrogens (tertiary/aromatic N) is 1. The molecule has 0 spiro atoms. The molecular formula is C20H25N5O6. The number of carbonyl (C=O) groups excluding carboxylic acids is 2. The van der Waals surface area contributed by atoms with Crippen molar-refractivity contribution in [3.05, 3.63) is 54.1 Å². The number of H-pyrrole nitrogens is 1. The molecule has 7 N–H and O–H groups in total. The molecule has 0 aliphatic heterocycles. The first-order valence-electron chi connectivity index (χ1n) is 9.58. The van der Waals surface area contributed by atoms with Gasteiger partial charge in [0.05, 0.1) is 12.4 Å². The number of nitrogens with one attached hydrogen (secondary N) is 3. The summed E-state index contributed by atoms with van der Waals surface area (Å²) in [5.41, 5.74) is 7.36. The molecule has 0 radical (unpaired) electrons. The number of rotatable bonds is 12. The fourth-order valence-electron chi connectivity index (χ4n) is 2.86. The van der Waals surface area contributed by atoms with E-state index in [1.165, 1.54) is 12.5 Å². The van der Waals surface area contributed by atoms with Gasteiger partial charge in [-0.15, -0.1) is 0 Å². The molecule has 0 unspecified atom stereocenters. The van der Waals surface area contributed by atoms with Gasteiger partial charge in [0.15, 0.2) is 0 Å². The van der Waals surface area contributed by atoms with E-state index in [2.05, 4.69) is 20.6 Å². The average molecular weight is 431 g/mol. The van der Waals surface area contributed by atoms with Crippen molar-refractivity contribution in [3.8, 4) is 0 Å². The number of hydrogen-bond donors (Lipinski definition) is 6. The molecule has 1 aromatic heterocycles. The summed E-state index contributed by atoms with van der Waals surface area (Å²) in [6.45, 7) is 0. The van der Waals surface area contributed by atoms with E-state index in [1.54, 1.807) is 0 Å². The molecule has 0 bridgehead atoms. The quantitative estimate of drug-likeness (QED) is 0.258. The summed E-state index contributed by atoms with van der Waals surface area (Å²) in [6, 6.07) is 5.63. The highest BCUT2D eigenvalue weighted by Gasteiger charge is 2.29. The molecule has 11 heteroatoms. The number of aliphatic carboxylic acids is 2. The van der Waals surface area contributed by atoms with Gasteiger partial charge in [-0.3, -0.25) is 14.4 Å². The Balaban J connectivity index is 2.08. The Labute approximate surface area is 178 Å². The maximum Gasteiger partial charge on any atom is 0.326 e. The molecule has 0 aliphatic rings. The second-order valence-electron chi connectivity index (χ2n) is 6.97. The molecule has 1 aromatic carbocycles. The molecule has 166 valence electrons. The lowest BCUT2D eigenvalue weighted by atomic mass is 10.0. The molecule has 2 rings (SSSR count). The van der Waals surface area contributed by atoms with Crippen molar-refractivity contribution in [1.29, 1.82) is 0 Å². The number of nitrogens with two attached hydrogens (primary N) is 1. The van der Waals surface area contributed by atoms with E-state index in [4.69, 9.17) is 10.8 Å². The number of imidazole rings is 1. The van der Waals surface area contributed by atoms with Gasteiger partial charge in [0.2, 0.25) is 11.8 Å². The molecular weight excluding hydrogens is 406 g/mol. The molecule has 3 atom stereocenters. The van der Waals surface area contributed by atoms with E-state index in [9.17, 15) is 24.3 Å². The van der Waals surface area contributed by atoms with Crippen molar-refractivity contribution in [2.24, 2.45) is 5.73 Å². The lowest BCUT2D eigenvalue weighted by Gasteiger charge is -2.22. The third-order valence-electron chi connectivity index (χ3n) is 4.51. The van der Waals surface area contributed by atoms with E-state index in [-0.39, 0.29) is 19.3 Å². The van der Waals surface area contributed by atoms with E-state index in [1.807, 2.05) is 30.3 Å². The summed E-state index contributed by atoms with van der Waals surface area (Å²) in [5, 5.41) is 22.9. The Morgan fingerprint density at radius 3 is 2.26 bits per heavy atom. The maximum absolute atomic E-state index is 12.7. The minimum atomic E-state index is -1.41. The standard InChI is InChI=1S/C20H25N5O6/c21-14(8-12-4-2-1-3-5-12)18(28)25-16(9-13-10-22-11-23-13)19(29)24-15(20(30)31)6-7-17(26)27/h1-5,10-11,14-16H,6-9,21H2,(H,22,23)(H,24,29)(H,25,28)(H,26,27)(H,30,31)/t14-,15-,16-/m0/s1. The molecule has 2 amide bonds. The third kappa shape index (κ3) is 7.90. The number of carbonyl (C=O) groups is 4. The number of amides is 2. The second-order valence-corrected chi connectivity index (χ2v) is 6.97. The van der Waals surface area contributed by atoms with Crippen LogP contribution in [-0.2, 0) is 32.0 Å². The monoisotopic (exact) mass is 431 g/mol. The number of benzene rings is 1. The Kier molecular flexibility index (Phi) is 8.70. The zero-order chi connectivity index (χ0) is 22.8. The summed E-state index contributed by atoms with van der Waals surface area (Å²) < 4.78 is 0. The predicted molar refractivity (Wildman–Crippen MR) is 109 cm³/mol. The van der Waals surface area contributed by atoms with Crippen LogP contribution in [0.1, 0.15) is 24.1 Å². The Morgan fingerprint density at radius 2 is 1.68 bits per heavy atom. The fourth-order valence-corrected chi connectivity index (χ4v) is 2.86. The van der Waals surface area contributed by atoms with Crippen LogP contribution < -0.4 is 16.4 Å². The van der Waals surface area contributed by atoms with Crippen LogP contribution >= 0.6 is 0 Å². The van der Waals surface area contributed by atoms with E-state index < -0.39 is 48.3 Å². The van der Waals surface area contributed by atoms with Crippen molar-refractivity contribution in [1.82, 2.24) is 20.6 Å². The molecule has 0 saturated carbocycles. The van der Waals surface area contributed by atoms with E-state index in [0.29, 0.717) is 5.69 Å². The first-order chi connectivity index (χ1) is 14.8. The number of hydrogen-bond acceptors (Lipinski definition) is 6. The van der Waals surface area contributed by atoms with Crippen LogP contribution in [0.15, 0.2) is 42.9 Å². The van der Waals surface area contributed by atoms with Gasteiger partial charge >= 0.3 is 11.9 Å². The van der Waals surface area contributed by atoms with Gasteiger partial charge in [-0.05, 0) is 18.4 Å². The SMILES string of the molecule is N[C@@H](Cc1ccccc1)C(=O)N[C@@H](Cc1cnc[nH]1)C(=O)N[C@@H](CCC(=O)O)C(=O)O. The highest BCUT2D eigenvalue weighted by atomic mass is 16.4. The summed E-state index contributed by atoms with van der Waals surface area (Å²) in [7, 11) is 0. The highest BCUT2D eigenvalue weighted by molar-refractivity contribution is 5.92. The predicted octanol–water partition coefficient (Wildman–Crippen LogP) is -0.559. The van der Waals surface area contributed by atoms with Crippen molar-refractivity contribution in [2.75, 3.05) is 0 Å². The van der Waals surface area contributed by atoms with Crippen molar-refractivity contribution in [2.45, 2.75) is 43.8 Å². The van der Waals surface area contributed by atoms with E-state index in [0.717, 1.165) is 5.56 Å². The van der Waals surface area contributed by atoms with Crippen LogP contribution in [0.4, 0.5) is 0 Å². The van der Waals surface area contributed by atoms with E-state index >= 15 is 0 Å². The lowest BCUT2D eigenvalue weighted by Crippen LogP contribution is -2.55. The zero-order valence-electron chi connectivity index (χ0n) is 16.7. The zero-order valence-corrected chi connectivity index (χ0v) is 16.7. The smallest absolute Gasteiger partial charge is 0.326 e. The van der Waals surface area contributed by atoms with Crippen LogP contribution in [0.25, 0.3) is 0 Å². The molecule has 1 heterocycles. The Morgan fingerprint density at radius 1 is 1.00 bits per heavy atom. The summed E-state index contributed by atoms with van der Waals surface area (Å²) in [4.78, 5) is 54.1. The minimum Gasteiger partial charge on any atom is -0.481 e. The largest absolute Gasteiger partial charge is 0.481 e. The first kappa shape index (κ1) is 23.5. The Hall–Kier alpha value is -3.73. The molecule has 11 nitrogen and oxygen atoms in total. The Bertz CT molecular complexity index is 887. The number of aromatic amines is 1. The van der Waals surface area contributed by atoms with Gasteiger partial charge in [0, 0.05) is 24.7 Å². The summed E-state index contributed by atoms with van der Waals surface area (Å²) in [5.74, 6) is -3.91. The van der Waals surface area contributed by atoms with Gasteiger partial charge < -0.3 is 31.6 Å². The molecule has 2 aromatic rings. The number of carboxylic acid groups (broad SMARTS) is 2. The molecule has 0 aliphatic carbocycles. The van der Waals surface area contributed by atoms with Gasteiger partial charge in [-0.2, -0.15) is 0 Å². The van der Waals surface area contributed by atoms with Gasteiger partial charge in [0.1, 0.15) is 12.1 Å². The average Bonchev–Trinajstić information content (AvgIpc) is 3.23. The highest BCUT2D eigenvalue weighted by Crippen LogP contribution is 2.05. The van der Waals surface area contributed by atoms with Gasteiger partial charge in [-0.25, -0.2) is 9.78 Å². The molecule has 31 heavy (non-hydrogen) atoms. The van der Waals surface area contributed by atoms with Crippen LogP contribution in [0.2, 0.25) is 0 Å². The fraction of sp³-hybridized carbons (Fsp3) is 0.350. The van der Waals surface area contributed by atoms with Crippen LogP contribution in [0.3, 0.4) is 0 Å². The number of carboxylic acids is 2. The molecule has 0 saturated heterocycles. The van der Waals surface area contributed by atoms with Crippen LogP contribution in [-0.4, -0.2) is 62.1 Å². The summed E-state index contributed by atoms with van der Waals surface area (Å²) in [6.07, 6.45) is 2.41. The molecule has 0 fully saturated rings. The van der Waals surface area contributed by atoms with Crippen molar-refractivity contribution >= 4 is 23.8 Å². The topological polar surface area (TPSA) is 187 Å². The first-order valence-corrected chi connectivity index (χ1v) is 9.58. The van der Waals surface area contributed by atoms with Crippen molar-refractivity contribution < 1.29 is 29.4 Å². The summed E-state index contributed by atoms with van der Waals surface area (Å²) >= 11 is 0. The van der Waals surface area contributed by atoms with Crippen molar-refractivity contribution in [3.63, 3.8) is 0 Å². The van der Waals surface area contributed by atoms with Gasteiger partial charge in [0.25, 0.3) is 0 Å². The maximum atomic E-state index is 12.7. The number of aromatic nitrogens is 2.